The fraction of sp³-hybridized carbons (Fsp3) is 0.0909. The van der Waals surface area contributed by atoms with Gasteiger partial charge in [0.15, 0.2) is 5.13 Å². The van der Waals surface area contributed by atoms with Gasteiger partial charge in [-0.15, -0.1) is 11.3 Å². The van der Waals surface area contributed by atoms with Gasteiger partial charge in [-0.2, -0.15) is 0 Å². The zero-order valence-electron chi connectivity index (χ0n) is 17.0. The highest BCUT2D eigenvalue weighted by Gasteiger charge is 2.39. The average molecular weight is 469 g/mol. The second-order valence-electron chi connectivity index (χ2n) is 6.79. The molecular formula is C22H17ClN4O4S. The molecule has 0 aliphatic carbocycles. The normalized spacial score (nSPS) is 13.5. The number of amides is 3. The first kappa shape index (κ1) is 21.5. The Balaban J connectivity index is 1.49. The van der Waals surface area contributed by atoms with E-state index in [1.54, 1.807) is 48.5 Å². The summed E-state index contributed by atoms with van der Waals surface area (Å²) in [5.41, 5.74) is 2.03. The molecule has 162 valence electrons. The van der Waals surface area contributed by atoms with E-state index in [0.717, 1.165) is 10.6 Å². The van der Waals surface area contributed by atoms with Gasteiger partial charge < -0.3 is 10.1 Å². The van der Waals surface area contributed by atoms with Gasteiger partial charge in [-0.1, -0.05) is 17.7 Å². The quantitative estimate of drug-likeness (QED) is 0.527. The predicted molar refractivity (Wildman–Crippen MR) is 123 cm³/mol. The van der Waals surface area contributed by atoms with Gasteiger partial charge in [-0.05, 0) is 43.3 Å². The molecule has 0 fully saturated rings. The molecule has 0 saturated carbocycles. The van der Waals surface area contributed by atoms with Gasteiger partial charge in [-0.25, -0.2) is 9.88 Å². The Hall–Kier alpha value is -3.69. The van der Waals surface area contributed by atoms with E-state index in [1.165, 1.54) is 18.4 Å². The predicted octanol–water partition coefficient (Wildman–Crippen LogP) is 4.15. The van der Waals surface area contributed by atoms with Gasteiger partial charge in [0.1, 0.15) is 16.5 Å². The largest absolute Gasteiger partial charge is 0.497 e. The third-order valence-corrected chi connectivity index (χ3v) is 5.82. The molecule has 0 radical (unpaired) electrons. The SMILES string of the molecule is COc1cccc(N2C(=O)C(Cl)=C(Nc3ccc(C(=O)Nc4nc(C)cs4)cc3)C2=O)c1. The highest BCUT2D eigenvalue weighted by Crippen LogP contribution is 2.31. The standard InChI is InChI=1S/C22H17ClN4O4S/c1-12-11-32-22(24-12)26-19(28)13-6-8-14(9-7-13)25-18-17(23)20(29)27(21(18)30)15-4-3-5-16(10-15)31-2/h3-11,25H,1-2H3,(H,24,26,28). The van der Waals surface area contributed by atoms with Crippen molar-refractivity contribution in [1.82, 2.24) is 4.98 Å². The Kier molecular flexibility index (Phi) is 5.93. The molecule has 4 rings (SSSR count). The molecule has 0 unspecified atom stereocenters. The number of thiazole rings is 1. The number of aryl methyl sites for hydroxylation is 1. The van der Waals surface area contributed by atoms with E-state index >= 15 is 0 Å². The van der Waals surface area contributed by atoms with E-state index in [9.17, 15) is 14.4 Å². The lowest BCUT2D eigenvalue weighted by Gasteiger charge is -2.16. The molecular weight excluding hydrogens is 452 g/mol. The molecule has 1 aliphatic heterocycles. The van der Waals surface area contributed by atoms with Gasteiger partial charge in [0.25, 0.3) is 17.7 Å². The van der Waals surface area contributed by atoms with Crippen molar-refractivity contribution in [2.24, 2.45) is 0 Å². The molecule has 0 bridgehead atoms. The van der Waals surface area contributed by atoms with Crippen LogP contribution in [0.15, 0.2) is 64.6 Å². The number of hydrogen-bond acceptors (Lipinski definition) is 7. The molecule has 0 spiro atoms. The Morgan fingerprint density at radius 3 is 2.53 bits per heavy atom. The minimum atomic E-state index is -0.637. The number of carbonyl (C=O) groups is 3. The number of ether oxygens (including phenoxy) is 1. The maximum Gasteiger partial charge on any atom is 0.283 e. The number of rotatable bonds is 6. The van der Waals surface area contributed by atoms with Crippen molar-refractivity contribution in [3.05, 3.63) is 75.9 Å². The molecule has 2 heterocycles. The maximum atomic E-state index is 12.9. The van der Waals surface area contributed by atoms with Crippen LogP contribution in [0.5, 0.6) is 5.75 Å². The second-order valence-corrected chi connectivity index (χ2v) is 8.02. The number of nitrogens with one attached hydrogen (secondary N) is 2. The van der Waals surface area contributed by atoms with Crippen LogP contribution in [0, 0.1) is 6.92 Å². The fourth-order valence-electron chi connectivity index (χ4n) is 3.03. The third-order valence-electron chi connectivity index (χ3n) is 4.59. The molecule has 0 atom stereocenters. The summed E-state index contributed by atoms with van der Waals surface area (Å²) in [6, 6.07) is 13.0. The Bertz CT molecular complexity index is 1250. The average Bonchev–Trinajstić information content (AvgIpc) is 3.29. The van der Waals surface area contributed by atoms with Crippen LogP contribution in [0.25, 0.3) is 0 Å². The highest BCUT2D eigenvalue weighted by molar-refractivity contribution is 7.13. The van der Waals surface area contributed by atoms with Crippen LogP contribution in [0.3, 0.4) is 0 Å². The first-order valence-electron chi connectivity index (χ1n) is 9.40. The summed E-state index contributed by atoms with van der Waals surface area (Å²) in [5, 5.41) is 7.74. The summed E-state index contributed by atoms with van der Waals surface area (Å²) in [6.45, 7) is 1.84. The van der Waals surface area contributed by atoms with Crippen molar-refractivity contribution in [2.45, 2.75) is 6.92 Å². The van der Waals surface area contributed by atoms with Crippen molar-refractivity contribution in [3.8, 4) is 5.75 Å². The number of halogens is 1. The highest BCUT2D eigenvalue weighted by atomic mass is 35.5. The van der Waals surface area contributed by atoms with E-state index < -0.39 is 11.8 Å². The van der Waals surface area contributed by atoms with Gasteiger partial charge in [0, 0.05) is 22.7 Å². The Morgan fingerprint density at radius 1 is 1.12 bits per heavy atom. The summed E-state index contributed by atoms with van der Waals surface area (Å²) in [5.74, 6) is -1.03. The lowest BCUT2D eigenvalue weighted by atomic mass is 10.2. The van der Waals surface area contributed by atoms with Crippen molar-refractivity contribution in [1.29, 1.82) is 0 Å². The Labute approximate surface area is 192 Å². The van der Waals surface area contributed by atoms with Crippen LogP contribution in [0.2, 0.25) is 0 Å². The van der Waals surface area contributed by atoms with E-state index in [-0.39, 0.29) is 16.6 Å². The third kappa shape index (κ3) is 4.20. The van der Waals surface area contributed by atoms with Crippen molar-refractivity contribution in [2.75, 3.05) is 22.6 Å². The molecule has 0 saturated heterocycles. The molecule has 3 aromatic rings. The van der Waals surface area contributed by atoms with Crippen molar-refractivity contribution >= 4 is 57.2 Å². The molecule has 1 aliphatic rings. The molecule has 3 amide bonds. The zero-order chi connectivity index (χ0) is 22.8. The second kappa shape index (κ2) is 8.81. The van der Waals surface area contributed by atoms with E-state index in [1.807, 2.05) is 12.3 Å². The number of aromatic nitrogens is 1. The molecule has 32 heavy (non-hydrogen) atoms. The maximum absolute atomic E-state index is 12.9. The topological polar surface area (TPSA) is 101 Å². The van der Waals surface area contributed by atoms with Gasteiger partial charge in [0.05, 0.1) is 18.5 Å². The van der Waals surface area contributed by atoms with Crippen molar-refractivity contribution < 1.29 is 19.1 Å². The number of methoxy groups -OCH3 is 1. The van der Waals surface area contributed by atoms with Gasteiger partial charge >= 0.3 is 0 Å². The summed E-state index contributed by atoms with van der Waals surface area (Å²) in [6.07, 6.45) is 0. The number of hydrogen-bond donors (Lipinski definition) is 2. The first-order valence-corrected chi connectivity index (χ1v) is 10.7. The molecule has 2 N–H and O–H groups in total. The molecule has 8 nitrogen and oxygen atoms in total. The van der Waals surface area contributed by atoms with Crippen LogP contribution in [0.1, 0.15) is 16.1 Å². The molecule has 1 aromatic heterocycles. The molecule has 10 heteroatoms. The number of nitrogens with zero attached hydrogens (tertiary/aromatic N) is 2. The lowest BCUT2D eigenvalue weighted by molar-refractivity contribution is -0.120. The Morgan fingerprint density at radius 2 is 1.88 bits per heavy atom. The number of carbonyl (C=O) groups excluding carboxylic acids is 3. The minimum Gasteiger partial charge on any atom is -0.497 e. The van der Waals surface area contributed by atoms with E-state index in [0.29, 0.717) is 27.8 Å². The summed E-state index contributed by atoms with van der Waals surface area (Å²) in [7, 11) is 1.49. The van der Waals surface area contributed by atoms with Crippen LogP contribution in [-0.4, -0.2) is 29.8 Å². The zero-order valence-corrected chi connectivity index (χ0v) is 18.6. The van der Waals surface area contributed by atoms with Gasteiger partial charge in [0.2, 0.25) is 0 Å². The minimum absolute atomic E-state index is 0.0463. The van der Waals surface area contributed by atoms with E-state index in [2.05, 4.69) is 15.6 Å². The van der Waals surface area contributed by atoms with Crippen LogP contribution in [0.4, 0.5) is 16.5 Å². The fourth-order valence-corrected chi connectivity index (χ4v) is 3.92. The van der Waals surface area contributed by atoms with Crippen molar-refractivity contribution in [3.63, 3.8) is 0 Å². The first-order chi connectivity index (χ1) is 15.4. The van der Waals surface area contributed by atoms with Gasteiger partial charge in [-0.3, -0.25) is 19.7 Å². The lowest BCUT2D eigenvalue weighted by Crippen LogP contribution is -2.32. The smallest absolute Gasteiger partial charge is 0.283 e. The van der Waals surface area contributed by atoms with Crippen LogP contribution < -0.4 is 20.3 Å². The molecule has 2 aromatic carbocycles. The summed E-state index contributed by atoms with van der Waals surface area (Å²) in [4.78, 5) is 43.1. The number of anilines is 3. The number of imide groups is 1. The van der Waals surface area contributed by atoms with E-state index in [4.69, 9.17) is 16.3 Å². The summed E-state index contributed by atoms with van der Waals surface area (Å²) >= 11 is 7.51. The summed E-state index contributed by atoms with van der Waals surface area (Å²) < 4.78 is 5.16. The number of benzene rings is 2. The van der Waals surface area contributed by atoms with Crippen LogP contribution in [-0.2, 0) is 9.59 Å². The van der Waals surface area contributed by atoms with Crippen LogP contribution >= 0.6 is 22.9 Å². The monoisotopic (exact) mass is 468 g/mol.